The van der Waals surface area contributed by atoms with E-state index < -0.39 is 0 Å². The Hall–Kier alpha value is -1.62. The molecule has 1 amide bonds. The molecule has 0 aliphatic carbocycles. The van der Waals surface area contributed by atoms with Gasteiger partial charge in [-0.3, -0.25) is 4.79 Å². The Balaban J connectivity index is 1.95. The summed E-state index contributed by atoms with van der Waals surface area (Å²) >= 11 is 1.69. The van der Waals surface area contributed by atoms with Gasteiger partial charge >= 0.3 is 0 Å². The monoisotopic (exact) mass is 249 g/mol. The van der Waals surface area contributed by atoms with Gasteiger partial charge in [-0.1, -0.05) is 0 Å². The molecule has 0 saturated heterocycles. The molecule has 0 aromatic carbocycles. The van der Waals surface area contributed by atoms with Crippen LogP contribution >= 0.6 is 11.3 Å². The maximum Gasteiger partial charge on any atom is 0.221 e. The third kappa shape index (κ3) is 2.94. The van der Waals surface area contributed by atoms with Crippen LogP contribution in [-0.4, -0.2) is 24.0 Å². The van der Waals surface area contributed by atoms with Crippen molar-refractivity contribution >= 4 is 33.1 Å². The first-order valence-corrected chi connectivity index (χ1v) is 6.52. The van der Waals surface area contributed by atoms with Gasteiger partial charge < -0.3 is 10.6 Å². The second-order valence-electron chi connectivity index (χ2n) is 3.62. The van der Waals surface area contributed by atoms with Crippen LogP contribution in [0, 0.1) is 0 Å². The number of carbonyl (C=O) groups excluding carboxylic acids is 1. The maximum atomic E-state index is 11.3. The molecule has 0 saturated carbocycles. The van der Waals surface area contributed by atoms with Crippen LogP contribution in [0.1, 0.15) is 13.3 Å². The van der Waals surface area contributed by atoms with Crippen molar-refractivity contribution < 1.29 is 4.79 Å². The van der Waals surface area contributed by atoms with Gasteiger partial charge in [-0.15, -0.1) is 11.3 Å². The maximum absolute atomic E-state index is 11.3. The molecule has 2 aromatic heterocycles. The van der Waals surface area contributed by atoms with Gasteiger partial charge in [0.1, 0.15) is 5.82 Å². The molecule has 0 aliphatic rings. The molecule has 0 fully saturated rings. The molecular weight excluding hydrogens is 234 g/mol. The molecule has 0 aliphatic heterocycles. The molecule has 0 spiro atoms. The fourth-order valence-corrected chi connectivity index (χ4v) is 2.40. The van der Waals surface area contributed by atoms with E-state index in [0.717, 1.165) is 11.2 Å². The predicted molar refractivity (Wildman–Crippen MR) is 71.4 cm³/mol. The smallest absolute Gasteiger partial charge is 0.221 e. The van der Waals surface area contributed by atoms with Crippen molar-refractivity contribution in [2.45, 2.75) is 13.3 Å². The van der Waals surface area contributed by atoms with Crippen LogP contribution in [0.25, 0.3) is 10.1 Å². The number of amides is 1. The quantitative estimate of drug-likeness (QED) is 0.854. The Kier molecular flexibility index (Phi) is 3.93. The van der Waals surface area contributed by atoms with Gasteiger partial charge in [0.15, 0.2) is 0 Å². The minimum atomic E-state index is 0.0671. The molecule has 90 valence electrons. The lowest BCUT2D eigenvalue weighted by Crippen LogP contribution is -2.24. The highest BCUT2D eigenvalue weighted by Crippen LogP contribution is 2.25. The number of nitrogens with one attached hydrogen (secondary N) is 2. The Morgan fingerprint density at radius 2 is 2.35 bits per heavy atom. The first-order valence-electron chi connectivity index (χ1n) is 5.64. The number of thiophene rings is 1. The number of anilines is 1. The van der Waals surface area contributed by atoms with Crippen molar-refractivity contribution in [2.24, 2.45) is 0 Å². The van der Waals surface area contributed by atoms with Crippen LogP contribution in [0.2, 0.25) is 0 Å². The van der Waals surface area contributed by atoms with Gasteiger partial charge in [0, 0.05) is 35.8 Å². The van der Waals surface area contributed by atoms with E-state index in [0.29, 0.717) is 19.5 Å². The minimum absolute atomic E-state index is 0.0671. The zero-order valence-corrected chi connectivity index (χ0v) is 10.5. The molecule has 17 heavy (non-hydrogen) atoms. The van der Waals surface area contributed by atoms with Crippen molar-refractivity contribution in [3.63, 3.8) is 0 Å². The van der Waals surface area contributed by atoms with Gasteiger partial charge in [-0.25, -0.2) is 4.98 Å². The highest BCUT2D eigenvalue weighted by molar-refractivity contribution is 7.17. The lowest BCUT2D eigenvalue weighted by atomic mass is 10.3. The summed E-state index contributed by atoms with van der Waals surface area (Å²) in [6, 6.07) is 4.04. The molecule has 2 rings (SSSR count). The SMILES string of the molecule is CCNC(=O)CCNc1nccc2sccc12. The van der Waals surface area contributed by atoms with Gasteiger partial charge in [-0.05, 0) is 24.4 Å². The molecule has 0 bridgehead atoms. The Labute approximate surface area is 104 Å². The lowest BCUT2D eigenvalue weighted by molar-refractivity contribution is -0.120. The Bertz CT molecular complexity index is 509. The van der Waals surface area contributed by atoms with Crippen molar-refractivity contribution in [1.29, 1.82) is 0 Å². The summed E-state index contributed by atoms with van der Waals surface area (Å²) in [5.74, 6) is 0.922. The third-order valence-corrected chi connectivity index (χ3v) is 3.28. The van der Waals surface area contributed by atoms with Gasteiger partial charge in [-0.2, -0.15) is 0 Å². The topological polar surface area (TPSA) is 54.0 Å². The van der Waals surface area contributed by atoms with Crippen molar-refractivity contribution in [3.05, 3.63) is 23.7 Å². The van der Waals surface area contributed by atoms with Crippen LogP contribution in [0.3, 0.4) is 0 Å². The summed E-state index contributed by atoms with van der Waals surface area (Å²) < 4.78 is 1.21. The van der Waals surface area contributed by atoms with E-state index in [-0.39, 0.29) is 5.91 Å². The number of fused-ring (bicyclic) bond motifs is 1. The third-order valence-electron chi connectivity index (χ3n) is 2.40. The average Bonchev–Trinajstić information content (AvgIpc) is 2.78. The largest absolute Gasteiger partial charge is 0.369 e. The summed E-state index contributed by atoms with van der Waals surface area (Å²) in [5.41, 5.74) is 0. The summed E-state index contributed by atoms with van der Waals surface area (Å²) in [7, 11) is 0. The summed E-state index contributed by atoms with van der Waals surface area (Å²) in [4.78, 5) is 15.6. The molecular formula is C12H15N3OS. The second-order valence-corrected chi connectivity index (χ2v) is 4.57. The molecule has 0 radical (unpaired) electrons. The highest BCUT2D eigenvalue weighted by Gasteiger charge is 2.04. The first-order chi connectivity index (χ1) is 8.31. The van der Waals surface area contributed by atoms with Crippen molar-refractivity contribution in [2.75, 3.05) is 18.4 Å². The average molecular weight is 249 g/mol. The van der Waals surface area contributed by atoms with Crippen LogP contribution in [-0.2, 0) is 4.79 Å². The Morgan fingerprint density at radius 1 is 1.47 bits per heavy atom. The zero-order valence-electron chi connectivity index (χ0n) is 9.69. The molecule has 4 nitrogen and oxygen atoms in total. The number of aromatic nitrogens is 1. The molecule has 2 aromatic rings. The fraction of sp³-hybridized carbons (Fsp3) is 0.333. The summed E-state index contributed by atoms with van der Waals surface area (Å²) in [6.45, 7) is 3.20. The lowest BCUT2D eigenvalue weighted by Gasteiger charge is -2.06. The minimum Gasteiger partial charge on any atom is -0.369 e. The van der Waals surface area contributed by atoms with Gasteiger partial charge in [0.05, 0.1) is 0 Å². The van der Waals surface area contributed by atoms with Gasteiger partial charge in [0.25, 0.3) is 0 Å². The van der Waals surface area contributed by atoms with Crippen molar-refractivity contribution in [3.8, 4) is 0 Å². The van der Waals surface area contributed by atoms with Crippen LogP contribution in [0.5, 0.6) is 0 Å². The van der Waals surface area contributed by atoms with E-state index in [2.05, 4.69) is 15.6 Å². The standard InChI is InChI=1S/C12H15N3OS/c1-2-13-11(16)4-7-15-12-9-5-8-17-10(9)3-6-14-12/h3,5-6,8H,2,4,7H2,1H3,(H,13,16)(H,14,15). The van der Waals surface area contributed by atoms with Crippen LogP contribution < -0.4 is 10.6 Å². The van der Waals surface area contributed by atoms with E-state index in [1.54, 1.807) is 17.5 Å². The molecule has 0 atom stereocenters. The van der Waals surface area contributed by atoms with Crippen molar-refractivity contribution in [1.82, 2.24) is 10.3 Å². The molecule has 2 heterocycles. The zero-order chi connectivity index (χ0) is 12.1. The number of nitrogens with zero attached hydrogens (tertiary/aromatic N) is 1. The summed E-state index contributed by atoms with van der Waals surface area (Å²) in [5, 5.41) is 9.13. The van der Waals surface area contributed by atoms with Crippen LogP contribution in [0.15, 0.2) is 23.7 Å². The van der Waals surface area contributed by atoms with E-state index in [9.17, 15) is 4.79 Å². The van der Waals surface area contributed by atoms with Crippen LogP contribution in [0.4, 0.5) is 5.82 Å². The summed E-state index contributed by atoms with van der Waals surface area (Å²) in [6.07, 6.45) is 2.25. The molecule has 2 N–H and O–H groups in total. The second kappa shape index (κ2) is 5.63. The normalized spacial score (nSPS) is 10.4. The number of pyridine rings is 1. The van der Waals surface area contributed by atoms with E-state index in [1.807, 2.05) is 24.4 Å². The highest BCUT2D eigenvalue weighted by atomic mass is 32.1. The number of rotatable bonds is 5. The van der Waals surface area contributed by atoms with Gasteiger partial charge in [0.2, 0.25) is 5.91 Å². The van der Waals surface area contributed by atoms with E-state index >= 15 is 0 Å². The predicted octanol–water partition coefficient (Wildman–Crippen LogP) is 2.23. The first kappa shape index (κ1) is 11.9. The van der Waals surface area contributed by atoms with E-state index in [1.165, 1.54) is 4.70 Å². The fourth-order valence-electron chi connectivity index (χ4n) is 1.62. The number of hydrogen-bond donors (Lipinski definition) is 2. The Morgan fingerprint density at radius 3 is 3.18 bits per heavy atom. The molecule has 5 heteroatoms. The molecule has 0 unspecified atom stereocenters. The number of hydrogen-bond acceptors (Lipinski definition) is 4. The number of carbonyl (C=O) groups is 1. The van der Waals surface area contributed by atoms with E-state index in [4.69, 9.17) is 0 Å².